The molecule has 7 aromatic carbocycles. The second-order valence-electron chi connectivity index (χ2n) is 26.1. The topological polar surface area (TPSA) is 271 Å². The highest BCUT2D eigenvalue weighted by Crippen LogP contribution is 2.37. The first kappa shape index (κ1) is 74.9. The van der Waals surface area contributed by atoms with Crippen molar-refractivity contribution in [1.82, 2.24) is 33.3 Å². The number of aryl methyl sites for hydroxylation is 3. The summed E-state index contributed by atoms with van der Waals surface area (Å²) in [5.74, 6) is -0.0785. The van der Waals surface area contributed by atoms with Gasteiger partial charge in [0.15, 0.2) is 0 Å². The van der Waals surface area contributed by atoms with E-state index in [-0.39, 0.29) is 42.0 Å². The standard InChI is InChI=1S/C29H35FN4O4.C28H26N4O5.C22H22N4O5/c1-5-38-29(37)25-26(32-15-17-33(18-16-32)27(35)21-8-10-22(30)11-9-21)23-19-20(2)7-12-24(23)34(28(25)36)14-6-13-31(3)4;1-37-22-13-11-21(12-14-22)27(33)30-17-15-29(16-18-30)25-23-9-5-6-10-24(23)31(28(34)26(25)32(35)36)19-20-7-3-2-4-8-20;1-23-18-6-4-3-5-17(18)19(20(22(23)28)26(29)30)24-11-13-25(14-12-24)21(27)15-7-9-16(31-2)10-8-15/h7-12,19H,5-6,13-18H2,1-4H3;2-14H,15-19H2,1H3;3-10H,11-14H2,1-2H3. The van der Waals surface area contributed by atoms with Crippen LogP contribution in [0.5, 0.6) is 11.5 Å². The lowest BCUT2D eigenvalue weighted by molar-refractivity contribution is -0.385. The minimum Gasteiger partial charge on any atom is -0.497 e. The summed E-state index contributed by atoms with van der Waals surface area (Å²) in [6.45, 7) is 10.1. The number of hydrogen-bond acceptors (Lipinski definition) is 18. The quantitative estimate of drug-likeness (QED) is 0.0439. The third-order valence-corrected chi connectivity index (χ3v) is 19.2. The summed E-state index contributed by atoms with van der Waals surface area (Å²) in [4.78, 5) is 128. The molecule has 0 radical (unpaired) electrons. The molecule has 13 rings (SSSR count). The molecule has 6 heterocycles. The Morgan fingerprint density at radius 3 is 1.39 bits per heavy atom. The molecular formula is C79H83FN12O14. The van der Waals surface area contributed by atoms with Crippen molar-refractivity contribution in [3.05, 3.63) is 260 Å². The normalized spacial score (nSPS) is 13.8. The summed E-state index contributed by atoms with van der Waals surface area (Å²) in [6.07, 6.45) is 0.752. The average Bonchev–Trinajstić information content (AvgIpc) is 0.757. The first-order chi connectivity index (χ1) is 51.1. The zero-order chi connectivity index (χ0) is 75.5. The first-order valence-electron chi connectivity index (χ1n) is 34.9. The maximum absolute atomic E-state index is 13.8. The Kier molecular flexibility index (Phi) is 23.6. The summed E-state index contributed by atoms with van der Waals surface area (Å²) in [5, 5.41) is 26.1. The van der Waals surface area contributed by atoms with Gasteiger partial charge >= 0.3 is 28.5 Å². The number of para-hydroxylation sites is 2. The van der Waals surface area contributed by atoms with Crippen molar-refractivity contribution in [2.24, 2.45) is 7.05 Å². The Morgan fingerprint density at radius 2 is 0.925 bits per heavy atom. The molecule has 0 bridgehead atoms. The molecule has 27 heteroatoms. The smallest absolute Gasteiger partial charge is 0.357 e. The van der Waals surface area contributed by atoms with Crippen LogP contribution in [-0.4, -0.2) is 187 Å². The largest absolute Gasteiger partial charge is 0.497 e. The number of amides is 3. The minimum atomic E-state index is -0.643. The van der Waals surface area contributed by atoms with Crippen molar-refractivity contribution in [2.45, 2.75) is 33.4 Å². The van der Waals surface area contributed by atoms with E-state index in [1.807, 2.05) is 109 Å². The van der Waals surface area contributed by atoms with Crippen molar-refractivity contribution in [3.63, 3.8) is 0 Å². The number of esters is 1. The molecule has 3 amide bonds. The summed E-state index contributed by atoms with van der Waals surface area (Å²) in [7, 11) is 8.64. The molecule has 0 atom stereocenters. The van der Waals surface area contributed by atoms with Crippen LogP contribution < -0.4 is 40.9 Å². The van der Waals surface area contributed by atoms with Crippen molar-refractivity contribution < 1.29 is 47.6 Å². The monoisotopic (exact) mass is 1440 g/mol. The highest BCUT2D eigenvalue weighted by Gasteiger charge is 2.36. The van der Waals surface area contributed by atoms with Crippen molar-refractivity contribution >= 4 is 84.8 Å². The van der Waals surface area contributed by atoms with Crippen LogP contribution in [0.25, 0.3) is 32.7 Å². The van der Waals surface area contributed by atoms with Gasteiger partial charge in [-0.05, 0) is 144 Å². The molecule has 26 nitrogen and oxygen atoms in total. The van der Waals surface area contributed by atoms with Crippen LogP contribution in [0.2, 0.25) is 0 Å². The molecule has 10 aromatic rings. The number of aromatic nitrogens is 3. The maximum Gasteiger partial charge on any atom is 0.357 e. The van der Waals surface area contributed by atoms with Crippen molar-refractivity contribution in [1.29, 1.82) is 0 Å². The van der Waals surface area contributed by atoms with Gasteiger partial charge in [-0.25, -0.2) is 9.18 Å². The molecule has 0 saturated carbocycles. The number of anilines is 3. The van der Waals surface area contributed by atoms with E-state index >= 15 is 0 Å². The van der Waals surface area contributed by atoms with E-state index in [0.717, 1.165) is 35.0 Å². The number of methoxy groups -OCH3 is 2. The average molecular weight is 1440 g/mol. The zero-order valence-electron chi connectivity index (χ0n) is 60.1. The van der Waals surface area contributed by atoms with Crippen LogP contribution in [0, 0.1) is 33.0 Å². The molecule has 3 aliphatic heterocycles. The van der Waals surface area contributed by atoms with Gasteiger partial charge in [0.1, 0.15) is 34.3 Å². The number of ether oxygens (including phenoxy) is 3. The molecule has 3 aliphatic rings. The second-order valence-corrected chi connectivity index (χ2v) is 26.1. The molecule has 3 aromatic heterocycles. The van der Waals surface area contributed by atoms with Crippen LogP contribution >= 0.6 is 0 Å². The fraction of sp³-hybridized carbons (Fsp3) is 0.304. The number of carbonyl (C=O) groups is 4. The number of benzene rings is 7. The first-order valence-corrected chi connectivity index (χ1v) is 34.9. The van der Waals surface area contributed by atoms with E-state index in [0.29, 0.717) is 152 Å². The Morgan fingerprint density at radius 1 is 0.500 bits per heavy atom. The predicted molar refractivity (Wildman–Crippen MR) is 405 cm³/mol. The van der Waals surface area contributed by atoms with Gasteiger partial charge in [-0.2, -0.15) is 0 Å². The predicted octanol–water partition coefficient (Wildman–Crippen LogP) is 9.89. The number of piperazine rings is 3. The van der Waals surface area contributed by atoms with Crippen LogP contribution in [0.1, 0.15) is 65.9 Å². The van der Waals surface area contributed by atoms with Crippen LogP contribution in [0.4, 0.5) is 32.8 Å². The third-order valence-electron chi connectivity index (χ3n) is 19.2. The number of pyridine rings is 3. The van der Waals surface area contributed by atoms with E-state index in [9.17, 15) is 58.2 Å². The summed E-state index contributed by atoms with van der Waals surface area (Å²) in [6, 6.07) is 49.1. The molecule has 0 N–H and O–H groups in total. The number of nitro groups is 2. The highest BCUT2D eigenvalue weighted by atomic mass is 19.1. The number of fused-ring (bicyclic) bond motifs is 3. The van der Waals surface area contributed by atoms with E-state index in [2.05, 4.69) is 4.90 Å². The van der Waals surface area contributed by atoms with Gasteiger partial charge < -0.3 is 57.6 Å². The number of carbonyl (C=O) groups excluding carboxylic acids is 4. The Balaban J connectivity index is 0.000000160. The van der Waals surface area contributed by atoms with Gasteiger partial charge in [0.25, 0.3) is 23.3 Å². The van der Waals surface area contributed by atoms with E-state index < -0.39 is 44.1 Å². The number of rotatable bonds is 18. The van der Waals surface area contributed by atoms with Crippen LogP contribution in [0.15, 0.2) is 184 Å². The molecule has 106 heavy (non-hydrogen) atoms. The van der Waals surface area contributed by atoms with E-state index in [4.69, 9.17) is 14.2 Å². The van der Waals surface area contributed by atoms with Gasteiger partial charge in [0, 0.05) is 125 Å². The second kappa shape index (κ2) is 33.5. The Bertz CT molecular complexity index is 5110. The molecule has 3 saturated heterocycles. The molecule has 0 aliphatic carbocycles. The lowest BCUT2D eigenvalue weighted by atomic mass is 10.0. The van der Waals surface area contributed by atoms with E-state index in [1.54, 1.807) is 113 Å². The van der Waals surface area contributed by atoms with Gasteiger partial charge in [-0.15, -0.1) is 0 Å². The SMILES string of the molecule is CCOC(=O)c1c(N2CCN(C(=O)c3ccc(F)cc3)CC2)c2cc(C)ccc2n(CCCN(C)C)c1=O.COc1ccc(C(=O)N2CCN(c3c([N+](=O)[O-])c(=O)n(C)c4ccccc34)CC2)cc1.COc1ccc(C(=O)N2CCN(c3c([N+](=O)[O-])c(=O)n(Cc4ccccc4)c4ccccc34)CC2)cc1. The lowest BCUT2D eigenvalue weighted by Crippen LogP contribution is -2.49. The Labute approximate surface area is 610 Å². The fourth-order valence-electron chi connectivity index (χ4n) is 13.8. The van der Waals surface area contributed by atoms with Gasteiger partial charge in [0.2, 0.25) is 0 Å². The molecular weight excluding hydrogens is 1360 g/mol. The molecule has 550 valence electrons. The van der Waals surface area contributed by atoms with Crippen molar-refractivity contribution in [3.8, 4) is 11.5 Å². The van der Waals surface area contributed by atoms with Gasteiger partial charge in [0.05, 0.1) is 59.5 Å². The Hall–Kier alpha value is -12.3. The lowest BCUT2D eigenvalue weighted by Gasteiger charge is -2.37. The molecule has 0 unspecified atom stereocenters. The summed E-state index contributed by atoms with van der Waals surface area (Å²) in [5.41, 5.74) is 4.16. The molecule has 0 spiro atoms. The third kappa shape index (κ3) is 16.2. The number of halogens is 1. The number of nitrogens with zero attached hydrogens (tertiary/aromatic N) is 12. The minimum absolute atomic E-state index is 0.0353. The van der Waals surface area contributed by atoms with Gasteiger partial charge in [-0.1, -0.05) is 78.4 Å². The fourth-order valence-corrected chi connectivity index (χ4v) is 13.8. The highest BCUT2D eigenvalue weighted by molar-refractivity contribution is 6.06. The van der Waals surface area contributed by atoms with Crippen molar-refractivity contribution in [2.75, 3.05) is 135 Å². The van der Waals surface area contributed by atoms with Crippen LogP contribution in [-0.2, 0) is 24.9 Å². The molecule has 3 fully saturated rings. The van der Waals surface area contributed by atoms with Crippen LogP contribution in [0.3, 0.4) is 0 Å². The summed E-state index contributed by atoms with van der Waals surface area (Å²) < 4.78 is 33.4. The van der Waals surface area contributed by atoms with Gasteiger partial charge in [-0.3, -0.25) is 53.6 Å². The number of hydrogen-bond donors (Lipinski definition) is 0. The summed E-state index contributed by atoms with van der Waals surface area (Å²) >= 11 is 0. The maximum atomic E-state index is 13.8. The van der Waals surface area contributed by atoms with E-state index in [1.165, 1.54) is 40.4 Å². The zero-order valence-corrected chi connectivity index (χ0v) is 60.1.